The van der Waals surface area contributed by atoms with Crippen LogP contribution in [0.15, 0.2) is 0 Å². The van der Waals surface area contributed by atoms with Gasteiger partial charge >= 0.3 is 0 Å². The van der Waals surface area contributed by atoms with Crippen LogP contribution in [0.2, 0.25) is 0 Å². The Morgan fingerprint density at radius 3 is 2.36 bits per heavy atom. The molecular formula is C20H34O2. The molecule has 0 saturated heterocycles. The minimum Gasteiger partial charge on any atom is -0.393 e. The van der Waals surface area contributed by atoms with Gasteiger partial charge in [-0.2, -0.15) is 0 Å². The zero-order valence-corrected chi connectivity index (χ0v) is 14.6. The van der Waals surface area contributed by atoms with Gasteiger partial charge in [0.05, 0.1) is 12.2 Å². The molecule has 2 heteroatoms. The Morgan fingerprint density at radius 1 is 0.864 bits per heavy atom. The van der Waals surface area contributed by atoms with Crippen molar-refractivity contribution in [3.05, 3.63) is 0 Å². The summed E-state index contributed by atoms with van der Waals surface area (Å²) in [5.74, 6) is 3.61. The molecule has 2 N–H and O–H groups in total. The van der Waals surface area contributed by atoms with Crippen molar-refractivity contribution in [1.29, 1.82) is 0 Å². The highest BCUT2D eigenvalue weighted by atomic mass is 16.3. The predicted molar refractivity (Wildman–Crippen MR) is 88.3 cm³/mol. The molecule has 22 heavy (non-hydrogen) atoms. The van der Waals surface area contributed by atoms with Crippen molar-refractivity contribution >= 4 is 0 Å². The molecule has 0 aromatic carbocycles. The summed E-state index contributed by atoms with van der Waals surface area (Å²) in [7, 11) is 0. The van der Waals surface area contributed by atoms with Crippen LogP contribution in [0, 0.1) is 40.4 Å². The predicted octanol–water partition coefficient (Wildman–Crippen LogP) is 4.00. The smallest absolute Gasteiger partial charge is 0.0596 e. The molecule has 4 fully saturated rings. The van der Waals surface area contributed by atoms with E-state index >= 15 is 0 Å². The molecule has 9 atom stereocenters. The molecule has 0 heterocycles. The van der Waals surface area contributed by atoms with E-state index in [0.29, 0.717) is 11.3 Å². The van der Waals surface area contributed by atoms with Crippen LogP contribution in [0.5, 0.6) is 0 Å². The van der Waals surface area contributed by atoms with Gasteiger partial charge in [0.15, 0.2) is 0 Å². The third-order valence-electron chi connectivity index (χ3n) is 8.96. The second kappa shape index (κ2) is 4.96. The molecule has 0 spiro atoms. The first kappa shape index (κ1) is 15.4. The van der Waals surface area contributed by atoms with Crippen molar-refractivity contribution in [3.8, 4) is 0 Å². The monoisotopic (exact) mass is 306 g/mol. The Bertz CT molecular complexity index is 449. The van der Waals surface area contributed by atoms with Gasteiger partial charge in [0, 0.05) is 0 Å². The number of aliphatic hydroxyl groups excluding tert-OH is 2. The average Bonchev–Trinajstić information content (AvgIpc) is 2.77. The Balaban J connectivity index is 1.63. The van der Waals surface area contributed by atoms with E-state index in [1.54, 1.807) is 0 Å². The van der Waals surface area contributed by atoms with Crippen molar-refractivity contribution in [2.75, 3.05) is 0 Å². The van der Waals surface area contributed by atoms with E-state index < -0.39 is 0 Å². The van der Waals surface area contributed by atoms with Crippen LogP contribution in [0.3, 0.4) is 0 Å². The number of hydrogen-bond donors (Lipinski definition) is 2. The summed E-state index contributed by atoms with van der Waals surface area (Å²) >= 11 is 0. The number of aliphatic hydroxyl groups is 2. The van der Waals surface area contributed by atoms with Gasteiger partial charge in [-0.3, -0.25) is 0 Å². The van der Waals surface area contributed by atoms with Gasteiger partial charge in [0.25, 0.3) is 0 Å². The normalized spacial score (nSPS) is 61.2. The SMILES string of the molecule is C[C@@H]1C[C@@]2(C)[C@@H](CC[C@H]3[C@@H]2CC[C@]2(C)[C@@H](O)CC[C@@H]32)C[C@@H]1O. The quantitative estimate of drug-likeness (QED) is 0.710. The van der Waals surface area contributed by atoms with Gasteiger partial charge in [0.2, 0.25) is 0 Å². The number of fused-ring (bicyclic) bond motifs is 5. The molecule has 0 bridgehead atoms. The van der Waals surface area contributed by atoms with E-state index in [2.05, 4.69) is 20.8 Å². The van der Waals surface area contributed by atoms with Gasteiger partial charge in [0.1, 0.15) is 0 Å². The highest BCUT2D eigenvalue weighted by Crippen LogP contribution is 2.66. The summed E-state index contributed by atoms with van der Waals surface area (Å²) in [6, 6.07) is 0. The van der Waals surface area contributed by atoms with Crippen LogP contribution in [0.1, 0.15) is 72.1 Å². The lowest BCUT2D eigenvalue weighted by Crippen LogP contribution is -2.55. The van der Waals surface area contributed by atoms with Crippen molar-refractivity contribution in [1.82, 2.24) is 0 Å². The van der Waals surface area contributed by atoms with Gasteiger partial charge in [-0.25, -0.2) is 0 Å². The van der Waals surface area contributed by atoms with Crippen molar-refractivity contribution in [2.45, 2.75) is 84.3 Å². The summed E-state index contributed by atoms with van der Waals surface area (Å²) in [5.41, 5.74) is 0.639. The van der Waals surface area contributed by atoms with Crippen LogP contribution in [0.25, 0.3) is 0 Å². The lowest BCUT2D eigenvalue weighted by atomic mass is 9.44. The second-order valence-electron chi connectivity index (χ2n) is 9.78. The van der Waals surface area contributed by atoms with Crippen LogP contribution >= 0.6 is 0 Å². The number of hydrogen-bond acceptors (Lipinski definition) is 2. The molecule has 0 amide bonds. The minimum absolute atomic E-state index is 0.0592. The van der Waals surface area contributed by atoms with E-state index in [9.17, 15) is 10.2 Å². The Labute approximate surface area is 135 Å². The average molecular weight is 306 g/mol. The van der Waals surface area contributed by atoms with E-state index in [1.165, 1.54) is 38.5 Å². The van der Waals surface area contributed by atoms with Crippen molar-refractivity contribution in [2.24, 2.45) is 40.4 Å². The van der Waals surface area contributed by atoms with E-state index in [4.69, 9.17) is 0 Å². The van der Waals surface area contributed by atoms with Crippen molar-refractivity contribution < 1.29 is 10.2 Å². The lowest BCUT2D eigenvalue weighted by Gasteiger charge is -2.61. The first-order valence-corrected chi connectivity index (χ1v) is 9.72. The van der Waals surface area contributed by atoms with Gasteiger partial charge in [-0.05, 0) is 91.8 Å². The maximum atomic E-state index is 10.5. The van der Waals surface area contributed by atoms with E-state index in [-0.39, 0.29) is 17.6 Å². The molecule has 4 aliphatic carbocycles. The summed E-state index contributed by atoms with van der Waals surface area (Å²) in [6.07, 6.45) is 9.58. The second-order valence-corrected chi connectivity index (χ2v) is 9.78. The Morgan fingerprint density at radius 2 is 1.59 bits per heavy atom. The third kappa shape index (κ3) is 1.92. The molecule has 4 rings (SSSR count). The molecule has 0 radical (unpaired) electrons. The van der Waals surface area contributed by atoms with Crippen LogP contribution in [-0.2, 0) is 0 Å². The number of rotatable bonds is 0. The zero-order valence-electron chi connectivity index (χ0n) is 14.6. The largest absolute Gasteiger partial charge is 0.393 e. The molecular weight excluding hydrogens is 272 g/mol. The van der Waals surface area contributed by atoms with Crippen molar-refractivity contribution in [3.63, 3.8) is 0 Å². The molecule has 126 valence electrons. The van der Waals surface area contributed by atoms with E-state index in [0.717, 1.165) is 36.5 Å². The fourth-order valence-electron chi connectivity index (χ4n) is 7.57. The highest BCUT2D eigenvalue weighted by molar-refractivity contribution is 5.09. The minimum atomic E-state index is -0.0724. The molecule has 2 nitrogen and oxygen atoms in total. The Hall–Kier alpha value is -0.0800. The molecule has 4 aliphatic rings. The maximum absolute atomic E-state index is 10.5. The molecule has 0 unspecified atom stereocenters. The standard InChI is InChI=1S/C20H34O2/c1-12-11-20(3)13(10-17(12)21)4-5-14-15-6-7-18(22)19(15,2)9-8-16(14)20/h12-18,21-22H,4-11H2,1-3H3/t12-,13+,14-,15+,16+,17+,18+,19+,20+/m1/s1. The first-order valence-electron chi connectivity index (χ1n) is 9.72. The van der Waals surface area contributed by atoms with Gasteiger partial charge in [-0.1, -0.05) is 20.8 Å². The molecule has 0 aromatic heterocycles. The fraction of sp³-hybridized carbons (Fsp3) is 1.00. The summed E-state index contributed by atoms with van der Waals surface area (Å²) in [4.78, 5) is 0. The third-order valence-corrected chi connectivity index (χ3v) is 8.96. The van der Waals surface area contributed by atoms with Gasteiger partial charge in [-0.15, -0.1) is 0 Å². The van der Waals surface area contributed by atoms with Crippen LogP contribution < -0.4 is 0 Å². The Kier molecular flexibility index (Phi) is 3.48. The highest BCUT2D eigenvalue weighted by Gasteiger charge is 2.60. The van der Waals surface area contributed by atoms with Crippen LogP contribution in [-0.4, -0.2) is 22.4 Å². The zero-order chi connectivity index (χ0) is 15.7. The molecule has 4 saturated carbocycles. The maximum Gasteiger partial charge on any atom is 0.0596 e. The lowest BCUT2D eigenvalue weighted by molar-refractivity contribution is -0.145. The van der Waals surface area contributed by atoms with Crippen LogP contribution in [0.4, 0.5) is 0 Å². The van der Waals surface area contributed by atoms with Gasteiger partial charge < -0.3 is 10.2 Å². The summed E-state index contributed by atoms with van der Waals surface area (Å²) in [6.45, 7) is 7.17. The summed E-state index contributed by atoms with van der Waals surface area (Å²) < 4.78 is 0. The summed E-state index contributed by atoms with van der Waals surface area (Å²) in [5, 5.41) is 20.8. The molecule has 0 aromatic rings. The topological polar surface area (TPSA) is 40.5 Å². The molecule has 0 aliphatic heterocycles. The first-order chi connectivity index (χ1) is 10.4. The van der Waals surface area contributed by atoms with E-state index in [1.807, 2.05) is 0 Å². The fourth-order valence-corrected chi connectivity index (χ4v) is 7.57.